The number of nitrogens with zero attached hydrogens (tertiary/aromatic N) is 4. The van der Waals surface area contributed by atoms with Gasteiger partial charge in [0.05, 0.1) is 17.8 Å². The van der Waals surface area contributed by atoms with E-state index >= 15 is 0 Å². The highest BCUT2D eigenvalue weighted by atomic mass is 32.2. The largest absolute Gasteiger partial charge is 0.381 e. The lowest BCUT2D eigenvalue weighted by molar-refractivity contribution is -0.119. The first kappa shape index (κ1) is 16.9. The maximum Gasteiger partial charge on any atom is 0.230 e. The van der Waals surface area contributed by atoms with Crippen LogP contribution in [-0.4, -0.2) is 45.1 Å². The Morgan fingerprint density at radius 2 is 2.12 bits per heavy atom. The van der Waals surface area contributed by atoms with Gasteiger partial charge >= 0.3 is 0 Å². The molecule has 1 fully saturated rings. The van der Waals surface area contributed by atoms with Crippen molar-refractivity contribution in [2.24, 2.45) is 0 Å². The molecule has 3 rings (SSSR count). The minimum atomic E-state index is -0.0297. The van der Waals surface area contributed by atoms with Gasteiger partial charge in [-0.3, -0.25) is 4.79 Å². The predicted octanol–water partition coefficient (Wildman–Crippen LogP) is 1.99. The van der Waals surface area contributed by atoms with Crippen LogP contribution in [0.2, 0.25) is 0 Å². The lowest BCUT2D eigenvalue weighted by atomic mass is 10.1. The third kappa shape index (κ3) is 4.33. The van der Waals surface area contributed by atoms with Crippen molar-refractivity contribution in [1.82, 2.24) is 25.5 Å². The molecule has 0 spiro atoms. The SMILES string of the molecule is CC(NC(=O)CSc1nnnn1C1CCOCC1)c1ccccc1. The molecular weight excluding hydrogens is 326 g/mol. The van der Waals surface area contributed by atoms with E-state index < -0.39 is 0 Å². The highest BCUT2D eigenvalue weighted by Gasteiger charge is 2.21. The molecule has 1 aromatic carbocycles. The van der Waals surface area contributed by atoms with Crippen molar-refractivity contribution in [2.75, 3.05) is 19.0 Å². The fraction of sp³-hybridized carbons (Fsp3) is 0.500. The maximum absolute atomic E-state index is 12.2. The molecule has 1 aliphatic rings. The minimum absolute atomic E-state index is 0.0224. The highest BCUT2D eigenvalue weighted by molar-refractivity contribution is 7.99. The van der Waals surface area contributed by atoms with Crippen molar-refractivity contribution < 1.29 is 9.53 Å². The molecule has 1 N–H and O–H groups in total. The maximum atomic E-state index is 12.2. The molecule has 1 atom stereocenters. The first-order valence-electron chi connectivity index (χ1n) is 8.07. The van der Waals surface area contributed by atoms with Crippen molar-refractivity contribution in [3.8, 4) is 0 Å². The molecule has 1 amide bonds. The average molecular weight is 347 g/mol. The number of carbonyl (C=O) groups is 1. The predicted molar refractivity (Wildman–Crippen MR) is 90.6 cm³/mol. The molecule has 1 unspecified atom stereocenters. The van der Waals surface area contributed by atoms with Gasteiger partial charge in [0, 0.05) is 13.2 Å². The Morgan fingerprint density at radius 3 is 2.88 bits per heavy atom. The van der Waals surface area contributed by atoms with Gasteiger partial charge < -0.3 is 10.1 Å². The summed E-state index contributed by atoms with van der Waals surface area (Å²) in [6.07, 6.45) is 1.80. The standard InChI is InChI=1S/C16H21N5O2S/c1-12(13-5-3-2-4-6-13)17-15(22)11-24-16-18-19-20-21(16)14-7-9-23-10-8-14/h2-6,12,14H,7-11H2,1H3,(H,17,22). The summed E-state index contributed by atoms with van der Waals surface area (Å²) in [4.78, 5) is 12.2. The van der Waals surface area contributed by atoms with Gasteiger partial charge in [-0.25, -0.2) is 4.68 Å². The molecule has 1 saturated heterocycles. The molecule has 1 aromatic heterocycles. The van der Waals surface area contributed by atoms with E-state index in [2.05, 4.69) is 20.8 Å². The fourth-order valence-corrected chi connectivity index (χ4v) is 3.43. The summed E-state index contributed by atoms with van der Waals surface area (Å²) in [5, 5.41) is 15.6. The number of hydrogen-bond donors (Lipinski definition) is 1. The zero-order chi connectivity index (χ0) is 16.8. The highest BCUT2D eigenvalue weighted by Crippen LogP contribution is 2.25. The lowest BCUT2D eigenvalue weighted by Gasteiger charge is -2.22. The third-order valence-corrected chi connectivity index (χ3v) is 4.94. The summed E-state index contributed by atoms with van der Waals surface area (Å²) < 4.78 is 7.19. The molecule has 24 heavy (non-hydrogen) atoms. The van der Waals surface area contributed by atoms with Crippen molar-refractivity contribution in [3.05, 3.63) is 35.9 Å². The number of carbonyl (C=O) groups excluding carboxylic acids is 1. The fourth-order valence-electron chi connectivity index (χ4n) is 2.68. The van der Waals surface area contributed by atoms with E-state index in [0.717, 1.165) is 31.6 Å². The molecule has 0 bridgehead atoms. The van der Waals surface area contributed by atoms with Crippen LogP contribution < -0.4 is 5.32 Å². The van der Waals surface area contributed by atoms with Crippen LogP contribution in [-0.2, 0) is 9.53 Å². The average Bonchev–Trinajstić information content (AvgIpc) is 3.10. The van der Waals surface area contributed by atoms with Gasteiger partial charge in [-0.1, -0.05) is 42.1 Å². The van der Waals surface area contributed by atoms with Gasteiger partial charge in [-0.15, -0.1) is 5.10 Å². The lowest BCUT2D eigenvalue weighted by Crippen LogP contribution is -2.28. The van der Waals surface area contributed by atoms with Crippen LogP contribution in [0.5, 0.6) is 0 Å². The third-order valence-electron chi connectivity index (χ3n) is 4.01. The normalized spacial score (nSPS) is 16.7. The Morgan fingerprint density at radius 1 is 1.38 bits per heavy atom. The molecule has 7 nitrogen and oxygen atoms in total. The zero-order valence-electron chi connectivity index (χ0n) is 13.6. The second kappa shape index (κ2) is 8.25. The number of hydrogen-bond acceptors (Lipinski definition) is 6. The minimum Gasteiger partial charge on any atom is -0.381 e. The van der Waals surface area contributed by atoms with E-state index in [1.807, 2.05) is 41.9 Å². The Kier molecular flexibility index (Phi) is 5.81. The summed E-state index contributed by atoms with van der Waals surface area (Å²) in [5.74, 6) is 0.263. The molecule has 0 aliphatic carbocycles. The summed E-state index contributed by atoms with van der Waals surface area (Å²) in [5.41, 5.74) is 1.09. The number of thioether (sulfide) groups is 1. The van der Waals surface area contributed by atoms with Crippen LogP contribution in [0.1, 0.15) is 37.4 Å². The van der Waals surface area contributed by atoms with Crippen LogP contribution in [0.4, 0.5) is 0 Å². The quantitative estimate of drug-likeness (QED) is 0.805. The summed E-state index contributed by atoms with van der Waals surface area (Å²) in [6, 6.07) is 10.1. The summed E-state index contributed by atoms with van der Waals surface area (Å²) in [6.45, 7) is 3.43. The van der Waals surface area contributed by atoms with Gasteiger partial charge in [-0.05, 0) is 35.8 Å². The summed E-state index contributed by atoms with van der Waals surface area (Å²) in [7, 11) is 0. The first-order valence-corrected chi connectivity index (χ1v) is 9.05. The Labute approximate surface area is 145 Å². The van der Waals surface area contributed by atoms with Crippen LogP contribution in [0, 0.1) is 0 Å². The van der Waals surface area contributed by atoms with Crippen molar-refractivity contribution in [1.29, 1.82) is 0 Å². The smallest absolute Gasteiger partial charge is 0.230 e. The van der Waals surface area contributed by atoms with E-state index in [1.165, 1.54) is 11.8 Å². The Hall–Kier alpha value is -1.93. The van der Waals surface area contributed by atoms with E-state index in [0.29, 0.717) is 10.9 Å². The number of ether oxygens (including phenoxy) is 1. The van der Waals surface area contributed by atoms with Crippen LogP contribution in [0.3, 0.4) is 0 Å². The van der Waals surface area contributed by atoms with Gasteiger partial charge in [0.25, 0.3) is 0 Å². The van der Waals surface area contributed by atoms with E-state index in [1.54, 1.807) is 0 Å². The topological polar surface area (TPSA) is 81.9 Å². The molecule has 8 heteroatoms. The number of rotatable bonds is 6. The van der Waals surface area contributed by atoms with Gasteiger partial charge in [0.1, 0.15) is 0 Å². The molecule has 128 valence electrons. The number of amides is 1. The second-order valence-corrected chi connectivity index (χ2v) is 6.68. The molecule has 1 aliphatic heterocycles. The second-order valence-electron chi connectivity index (χ2n) is 5.74. The molecule has 0 saturated carbocycles. The van der Waals surface area contributed by atoms with Crippen molar-refractivity contribution in [3.63, 3.8) is 0 Å². The van der Waals surface area contributed by atoms with Crippen LogP contribution >= 0.6 is 11.8 Å². The molecule has 2 aromatic rings. The van der Waals surface area contributed by atoms with Crippen LogP contribution in [0.15, 0.2) is 35.5 Å². The van der Waals surface area contributed by atoms with Gasteiger partial charge in [0.15, 0.2) is 0 Å². The van der Waals surface area contributed by atoms with E-state index in [-0.39, 0.29) is 18.0 Å². The number of benzene rings is 1. The van der Waals surface area contributed by atoms with E-state index in [4.69, 9.17) is 4.74 Å². The Balaban J connectivity index is 1.52. The monoisotopic (exact) mass is 347 g/mol. The molecule has 0 radical (unpaired) electrons. The Bertz CT molecular complexity index is 657. The summed E-state index contributed by atoms with van der Waals surface area (Å²) >= 11 is 1.37. The number of nitrogens with one attached hydrogen (secondary N) is 1. The van der Waals surface area contributed by atoms with Gasteiger partial charge in [-0.2, -0.15) is 0 Å². The number of aromatic nitrogens is 4. The first-order chi connectivity index (χ1) is 11.7. The van der Waals surface area contributed by atoms with Crippen molar-refractivity contribution >= 4 is 17.7 Å². The zero-order valence-corrected chi connectivity index (χ0v) is 14.4. The van der Waals surface area contributed by atoms with E-state index in [9.17, 15) is 4.79 Å². The number of tetrazole rings is 1. The molecular formula is C16H21N5O2S. The molecule has 2 heterocycles. The van der Waals surface area contributed by atoms with Crippen molar-refractivity contribution in [2.45, 2.75) is 37.0 Å². The van der Waals surface area contributed by atoms with Gasteiger partial charge in [0.2, 0.25) is 11.1 Å². The van der Waals surface area contributed by atoms with Crippen LogP contribution in [0.25, 0.3) is 0 Å².